The van der Waals surface area contributed by atoms with Crippen molar-refractivity contribution >= 4 is 11.3 Å². The monoisotopic (exact) mass is 290 g/mol. The third-order valence-corrected chi connectivity index (χ3v) is 4.41. The predicted octanol–water partition coefficient (Wildman–Crippen LogP) is 3.62. The molecule has 0 aromatic carbocycles. The second kappa shape index (κ2) is 6.57. The Balaban J connectivity index is 1.59. The molecular formula is C16H22N2OS. The number of furan rings is 1. The third-order valence-electron chi connectivity index (χ3n) is 3.68. The van der Waals surface area contributed by atoms with Gasteiger partial charge in [-0.2, -0.15) is 11.3 Å². The minimum Gasteiger partial charge on any atom is -0.468 e. The van der Waals surface area contributed by atoms with Crippen molar-refractivity contribution in [1.82, 2.24) is 10.2 Å². The highest BCUT2D eigenvalue weighted by atomic mass is 32.1. The van der Waals surface area contributed by atoms with Gasteiger partial charge < -0.3 is 9.73 Å². The first-order valence-corrected chi connectivity index (χ1v) is 8.31. The zero-order valence-electron chi connectivity index (χ0n) is 12.0. The topological polar surface area (TPSA) is 28.4 Å². The van der Waals surface area contributed by atoms with Crippen molar-refractivity contribution < 1.29 is 4.42 Å². The molecule has 0 spiro atoms. The fourth-order valence-corrected chi connectivity index (χ4v) is 3.10. The molecule has 0 radical (unpaired) electrons. The average molecular weight is 290 g/mol. The van der Waals surface area contributed by atoms with Crippen LogP contribution in [-0.2, 0) is 19.6 Å². The number of nitrogens with zero attached hydrogens (tertiary/aromatic N) is 1. The maximum Gasteiger partial charge on any atom is 0.118 e. The normalized spacial score (nSPS) is 15.1. The molecular weight excluding hydrogens is 268 g/mol. The van der Waals surface area contributed by atoms with Gasteiger partial charge in [0, 0.05) is 24.7 Å². The van der Waals surface area contributed by atoms with E-state index in [9.17, 15) is 0 Å². The summed E-state index contributed by atoms with van der Waals surface area (Å²) in [5, 5.41) is 7.73. The van der Waals surface area contributed by atoms with Gasteiger partial charge in [-0.25, -0.2) is 0 Å². The van der Waals surface area contributed by atoms with Crippen LogP contribution in [0.2, 0.25) is 0 Å². The van der Waals surface area contributed by atoms with Gasteiger partial charge in [0.15, 0.2) is 0 Å². The van der Waals surface area contributed by atoms with Crippen molar-refractivity contribution in [3.05, 3.63) is 46.0 Å². The van der Waals surface area contributed by atoms with Crippen LogP contribution in [0.25, 0.3) is 0 Å². The van der Waals surface area contributed by atoms with E-state index >= 15 is 0 Å². The molecule has 108 valence electrons. The molecule has 0 saturated heterocycles. The van der Waals surface area contributed by atoms with Gasteiger partial charge in [0.1, 0.15) is 5.76 Å². The Labute approximate surface area is 124 Å². The molecule has 0 unspecified atom stereocenters. The number of hydrogen-bond acceptors (Lipinski definition) is 4. The summed E-state index contributed by atoms with van der Waals surface area (Å²) in [6, 6.07) is 5.15. The minimum absolute atomic E-state index is 0.747. The lowest BCUT2D eigenvalue weighted by Gasteiger charge is -2.20. The zero-order valence-corrected chi connectivity index (χ0v) is 12.8. The van der Waals surface area contributed by atoms with Crippen LogP contribution < -0.4 is 5.32 Å². The van der Waals surface area contributed by atoms with Gasteiger partial charge in [-0.05, 0) is 47.8 Å². The highest BCUT2D eigenvalue weighted by Gasteiger charge is 2.29. The first-order chi connectivity index (χ1) is 9.85. The van der Waals surface area contributed by atoms with Crippen LogP contribution in [0.3, 0.4) is 0 Å². The van der Waals surface area contributed by atoms with Crippen molar-refractivity contribution in [3.63, 3.8) is 0 Å². The lowest BCUT2D eigenvalue weighted by atomic mass is 10.2. The maximum atomic E-state index is 5.71. The first-order valence-electron chi connectivity index (χ1n) is 7.37. The van der Waals surface area contributed by atoms with Crippen molar-refractivity contribution in [2.75, 3.05) is 6.54 Å². The van der Waals surface area contributed by atoms with Crippen LogP contribution in [0, 0.1) is 0 Å². The summed E-state index contributed by atoms with van der Waals surface area (Å²) in [7, 11) is 0. The lowest BCUT2D eigenvalue weighted by Crippen LogP contribution is -2.24. The molecule has 1 saturated carbocycles. The predicted molar refractivity (Wildman–Crippen MR) is 82.7 cm³/mol. The van der Waals surface area contributed by atoms with Crippen molar-refractivity contribution in [2.45, 2.75) is 45.4 Å². The van der Waals surface area contributed by atoms with Crippen molar-refractivity contribution in [1.29, 1.82) is 0 Å². The molecule has 1 aliphatic rings. The van der Waals surface area contributed by atoms with Crippen LogP contribution in [0.1, 0.15) is 36.7 Å². The molecule has 0 atom stereocenters. The minimum atomic E-state index is 0.747. The Morgan fingerprint density at radius 1 is 1.35 bits per heavy atom. The number of rotatable bonds is 8. The second-order valence-corrected chi connectivity index (χ2v) is 6.25. The van der Waals surface area contributed by atoms with Crippen LogP contribution in [0.5, 0.6) is 0 Å². The van der Waals surface area contributed by atoms with E-state index in [1.807, 2.05) is 6.26 Å². The van der Waals surface area contributed by atoms with Crippen molar-refractivity contribution in [2.24, 2.45) is 0 Å². The maximum absolute atomic E-state index is 5.71. The Bertz CT molecular complexity index is 516. The summed E-state index contributed by atoms with van der Waals surface area (Å²) in [5.41, 5.74) is 2.66. The quantitative estimate of drug-likeness (QED) is 0.805. The van der Waals surface area contributed by atoms with Gasteiger partial charge in [-0.3, -0.25) is 4.90 Å². The summed E-state index contributed by atoms with van der Waals surface area (Å²) < 4.78 is 5.71. The smallest absolute Gasteiger partial charge is 0.118 e. The first kappa shape index (κ1) is 13.9. The summed E-state index contributed by atoms with van der Waals surface area (Å²) >= 11 is 1.77. The second-order valence-electron chi connectivity index (χ2n) is 5.47. The molecule has 3 rings (SSSR count). The standard InChI is InChI=1S/C16H22N2OS/c1-2-17-8-14-7-16(19-11-14)10-18(15-3-4-15)9-13-5-6-20-12-13/h5-7,11-12,15,17H,2-4,8-10H2,1H3. The molecule has 2 heterocycles. The summed E-state index contributed by atoms with van der Waals surface area (Å²) in [6.45, 7) is 5.97. The Morgan fingerprint density at radius 3 is 2.95 bits per heavy atom. The molecule has 2 aromatic heterocycles. The van der Waals surface area contributed by atoms with Gasteiger partial charge in [-0.1, -0.05) is 6.92 Å². The molecule has 4 heteroatoms. The van der Waals surface area contributed by atoms with E-state index in [1.54, 1.807) is 11.3 Å². The van der Waals surface area contributed by atoms with E-state index in [0.29, 0.717) is 0 Å². The van der Waals surface area contributed by atoms with Crippen LogP contribution in [-0.4, -0.2) is 17.5 Å². The van der Waals surface area contributed by atoms with Crippen LogP contribution in [0.4, 0.5) is 0 Å². The van der Waals surface area contributed by atoms with E-state index in [0.717, 1.165) is 38.0 Å². The van der Waals surface area contributed by atoms with E-state index in [-0.39, 0.29) is 0 Å². The molecule has 3 nitrogen and oxygen atoms in total. The lowest BCUT2D eigenvalue weighted by molar-refractivity contribution is 0.225. The van der Waals surface area contributed by atoms with E-state index in [4.69, 9.17) is 4.42 Å². The molecule has 1 fully saturated rings. The summed E-state index contributed by atoms with van der Waals surface area (Å²) in [6.07, 6.45) is 4.54. The van der Waals surface area contributed by atoms with Gasteiger partial charge in [0.05, 0.1) is 12.8 Å². The van der Waals surface area contributed by atoms with E-state index in [2.05, 4.69) is 40.0 Å². The van der Waals surface area contributed by atoms with Gasteiger partial charge in [-0.15, -0.1) is 0 Å². The summed E-state index contributed by atoms with van der Waals surface area (Å²) in [4.78, 5) is 2.54. The Hall–Kier alpha value is -1.10. The molecule has 0 aliphatic heterocycles. The summed E-state index contributed by atoms with van der Waals surface area (Å²) in [5.74, 6) is 1.08. The SMILES string of the molecule is CCNCc1coc(CN(Cc2ccsc2)C2CC2)c1. The molecule has 0 amide bonds. The van der Waals surface area contributed by atoms with Gasteiger partial charge >= 0.3 is 0 Å². The highest BCUT2D eigenvalue weighted by molar-refractivity contribution is 7.07. The molecule has 0 bridgehead atoms. The number of hydrogen-bond donors (Lipinski definition) is 1. The van der Waals surface area contributed by atoms with E-state index in [1.165, 1.54) is 24.0 Å². The van der Waals surface area contributed by atoms with Gasteiger partial charge in [0.25, 0.3) is 0 Å². The highest BCUT2D eigenvalue weighted by Crippen LogP contribution is 2.30. The molecule has 20 heavy (non-hydrogen) atoms. The van der Waals surface area contributed by atoms with E-state index < -0.39 is 0 Å². The van der Waals surface area contributed by atoms with Crippen LogP contribution >= 0.6 is 11.3 Å². The fourth-order valence-electron chi connectivity index (χ4n) is 2.44. The largest absolute Gasteiger partial charge is 0.468 e. The van der Waals surface area contributed by atoms with Crippen LogP contribution in [0.15, 0.2) is 33.6 Å². The molecule has 2 aromatic rings. The number of thiophene rings is 1. The Morgan fingerprint density at radius 2 is 2.25 bits per heavy atom. The van der Waals surface area contributed by atoms with Crippen molar-refractivity contribution in [3.8, 4) is 0 Å². The van der Waals surface area contributed by atoms with Gasteiger partial charge in [0.2, 0.25) is 0 Å². The molecule has 1 N–H and O–H groups in total. The fraction of sp³-hybridized carbons (Fsp3) is 0.500. The zero-order chi connectivity index (χ0) is 13.8. The number of nitrogens with one attached hydrogen (secondary N) is 1. The molecule has 1 aliphatic carbocycles. The average Bonchev–Trinajstić information content (AvgIpc) is 3.00. The third kappa shape index (κ3) is 3.72. The Kier molecular flexibility index (Phi) is 4.55.